The van der Waals surface area contributed by atoms with Crippen LogP contribution in [-0.4, -0.2) is 9.36 Å². The van der Waals surface area contributed by atoms with Gasteiger partial charge in [-0.2, -0.15) is 9.64 Å². The van der Waals surface area contributed by atoms with Crippen LogP contribution in [0.2, 0.25) is 0 Å². The van der Waals surface area contributed by atoms with Crippen LogP contribution in [0.3, 0.4) is 0 Å². The topological polar surface area (TPSA) is 49.6 Å². The summed E-state index contributed by atoms with van der Waals surface area (Å²) in [7, 11) is 0. The second-order valence-corrected chi connectivity index (χ2v) is 3.17. The molecule has 1 aromatic carbocycles. The highest BCUT2D eigenvalue weighted by atomic mass is 32.1. The molecule has 2 rings (SSSR count). The van der Waals surface area contributed by atoms with E-state index in [0.29, 0.717) is 11.4 Å². The first-order valence-electron chi connectivity index (χ1n) is 3.77. The number of hydrogen-bond donors (Lipinski definition) is 0. The van der Waals surface area contributed by atoms with Crippen molar-refractivity contribution in [2.45, 2.75) is 0 Å². The lowest BCUT2D eigenvalue weighted by atomic mass is 10.1. The van der Waals surface area contributed by atoms with Gasteiger partial charge < -0.3 is 0 Å². The molecule has 2 aromatic rings. The fourth-order valence-corrected chi connectivity index (χ4v) is 1.49. The van der Waals surface area contributed by atoms with Gasteiger partial charge in [0.2, 0.25) is 0 Å². The van der Waals surface area contributed by atoms with Crippen LogP contribution in [0.4, 0.5) is 4.39 Å². The van der Waals surface area contributed by atoms with Crippen molar-refractivity contribution in [2.75, 3.05) is 0 Å². The summed E-state index contributed by atoms with van der Waals surface area (Å²) in [4.78, 5) is 3.88. The van der Waals surface area contributed by atoms with Gasteiger partial charge >= 0.3 is 0 Å². The zero-order valence-electron chi connectivity index (χ0n) is 6.94. The number of nitriles is 1. The number of aromatic nitrogens is 2. The Morgan fingerprint density at radius 3 is 2.93 bits per heavy atom. The number of rotatable bonds is 1. The molecule has 68 valence electrons. The average Bonchev–Trinajstić information content (AvgIpc) is 2.71. The maximum Gasteiger partial charge on any atom is 0.175 e. The summed E-state index contributed by atoms with van der Waals surface area (Å²) in [6, 6.07) is 6.05. The molecule has 5 heteroatoms. The Morgan fingerprint density at radius 2 is 2.29 bits per heavy atom. The van der Waals surface area contributed by atoms with Gasteiger partial charge in [0.25, 0.3) is 0 Å². The molecule has 0 amide bonds. The molecule has 0 spiro atoms. The van der Waals surface area contributed by atoms with E-state index in [2.05, 4.69) is 9.36 Å². The number of hydrogen-bond acceptors (Lipinski definition) is 4. The SMILES string of the molecule is N#Cc1ccc(F)c(-c2ncsn2)c1. The van der Waals surface area contributed by atoms with Crippen LogP contribution in [0.1, 0.15) is 5.56 Å². The van der Waals surface area contributed by atoms with Gasteiger partial charge in [0.05, 0.1) is 17.2 Å². The fraction of sp³-hybridized carbons (Fsp3) is 0. The first-order chi connectivity index (χ1) is 6.81. The lowest BCUT2D eigenvalue weighted by molar-refractivity contribution is 0.630. The second kappa shape index (κ2) is 3.52. The summed E-state index contributed by atoms with van der Waals surface area (Å²) in [5.41, 5.74) is 2.19. The molecular weight excluding hydrogens is 201 g/mol. The van der Waals surface area contributed by atoms with Gasteiger partial charge in [-0.05, 0) is 29.7 Å². The van der Waals surface area contributed by atoms with E-state index < -0.39 is 5.82 Å². The molecule has 0 fully saturated rings. The molecule has 0 bridgehead atoms. The minimum Gasteiger partial charge on any atom is -0.223 e. The molecule has 0 N–H and O–H groups in total. The van der Waals surface area contributed by atoms with Gasteiger partial charge in [-0.1, -0.05) is 0 Å². The van der Waals surface area contributed by atoms with Crippen molar-refractivity contribution in [3.05, 3.63) is 35.1 Å². The molecule has 0 unspecified atom stereocenters. The molecular formula is C9H4FN3S. The van der Waals surface area contributed by atoms with Crippen molar-refractivity contribution < 1.29 is 4.39 Å². The maximum atomic E-state index is 13.3. The lowest BCUT2D eigenvalue weighted by Gasteiger charge is -1.97. The molecule has 1 aromatic heterocycles. The lowest BCUT2D eigenvalue weighted by Crippen LogP contribution is -1.87. The Bertz CT molecular complexity index is 487. The van der Waals surface area contributed by atoms with E-state index in [1.54, 1.807) is 0 Å². The van der Waals surface area contributed by atoms with Crippen molar-refractivity contribution in [1.82, 2.24) is 9.36 Å². The van der Waals surface area contributed by atoms with Crippen molar-refractivity contribution in [3.63, 3.8) is 0 Å². The Labute approximate surface area is 83.6 Å². The number of benzene rings is 1. The van der Waals surface area contributed by atoms with E-state index >= 15 is 0 Å². The van der Waals surface area contributed by atoms with Gasteiger partial charge in [-0.15, -0.1) is 0 Å². The van der Waals surface area contributed by atoms with Crippen molar-refractivity contribution in [3.8, 4) is 17.5 Å². The summed E-state index contributed by atoms with van der Waals surface area (Å²) in [5.74, 6) is -0.0907. The molecule has 14 heavy (non-hydrogen) atoms. The average molecular weight is 205 g/mol. The third-order valence-corrected chi connectivity index (χ3v) is 2.18. The molecule has 0 radical (unpaired) electrons. The molecule has 0 aliphatic carbocycles. The Morgan fingerprint density at radius 1 is 1.43 bits per heavy atom. The zero-order valence-corrected chi connectivity index (χ0v) is 7.75. The van der Waals surface area contributed by atoms with E-state index in [9.17, 15) is 4.39 Å². The highest BCUT2D eigenvalue weighted by Gasteiger charge is 2.08. The van der Waals surface area contributed by atoms with Crippen molar-refractivity contribution in [2.24, 2.45) is 0 Å². The highest BCUT2D eigenvalue weighted by molar-refractivity contribution is 7.03. The van der Waals surface area contributed by atoms with E-state index in [1.807, 2.05) is 6.07 Å². The Hall–Kier alpha value is -1.80. The van der Waals surface area contributed by atoms with Crippen molar-refractivity contribution in [1.29, 1.82) is 5.26 Å². The third-order valence-electron chi connectivity index (χ3n) is 1.70. The van der Waals surface area contributed by atoms with Gasteiger partial charge in [0.15, 0.2) is 5.82 Å². The molecule has 3 nitrogen and oxygen atoms in total. The summed E-state index contributed by atoms with van der Waals surface area (Å²) in [6.45, 7) is 0. The predicted molar refractivity (Wildman–Crippen MR) is 50.0 cm³/mol. The van der Waals surface area contributed by atoms with Gasteiger partial charge in [0, 0.05) is 0 Å². The first kappa shape index (κ1) is 8.78. The maximum absolute atomic E-state index is 13.3. The zero-order chi connectivity index (χ0) is 9.97. The molecule has 0 aliphatic rings. The smallest absolute Gasteiger partial charge is 0.175 e. The summed E-state index contributed by atoms with van der Waals surface area (Å²) in [5, 5.41) is 8.64. The minimum atomic E-state index is -0.414. The molecule has 0 aliphatic heterocycles. The largest absolute Gasteiger partial charge is 0.223 e. The Kier molecular flexibility index (Phi) is 2.21. The van der Waals surface area contributed by atoms with Crippen LogP contribution in [-0.2, 0) is 0 Å². The molecule has 0 saturated carbocycles. The predicted octanol–water partition coefficient (Wildman–Crippen LogP) is 2.22. The molecule has 0 atom stereocenters. The van der Waals surface area contributed by atoms with Gasteiger partial charge in [-0.25, -0.2) is 9.37 Å². The summed E-state index contributed by atoms with van der Waals surface area (Å²) >= 11 is 1.15. The molecule has 1 heterocycles. The summed E-state index contributed by atoms with van der Waals surface area (Å²) in [6.07, 6.45) is 0. The van der Waals surface area contributed by atoms with E-state index in [-0.39, 0.29) is 5.56 Å². The highest BCUT2D eigenvalue weighted by Crippen LogP contribution is 2.20. The monoisotopic (exact) mass is 205 g/mol. The van der Waals surface area contributed by atoms with Crippen LogP contribution in [0.5, 0.6) is 0 Å². The van der Waals surface area contributed by atoms with Crippen LogP contribution >= 0.6 is 11.5 Å². The van der Waals surface area contributed by atoms with E-state index in [1.165, 1.54) is 23.7 Å². The minimum absolute atomic E-state index is 0.269. The van der Waals surface area contributed by atoms with E-state index in [0.717, 1.165) is 11.5 Å². The standard InChI is InChI=1S/C9H4FN3S/c10-8-2-1-6(4-11)3-7(8)9-12-5-14-13-9/h1-3,5H. The van der Waals surface area contributed by atoms with Crippen LogP contribution < -0.4 is 0 Å². The van der Waals surface area contributed by atoms with Gasteiger partial charge in [-0.3, -0.25) is 0 Å². The van der Waals surface area contributed by atoms with E-state index in [4.69, 9.17) is 5.26 Å². The fourth-order valence-electron chi connectivity index (χ4n) is 1.06. The molecule has 0 saturated heterocycles. The summed E-state index contributed by atoms with van der Waals surface area (Å²) < 4.78 is 17.2. The number of halogens is 1. The third kappa shape index (κ3) is 1.47. The second-order valence-electron chi connectivity index (χ2n) is 2.56. The van der Waals surface area contributed by atoms with Crippen LogP contribution in [0, 0.1) is 17.1 Å². The first-order valence-corrected chi connectivity index (χ1v) is 4.61. The van der Waals surface area contributed by atoms with Crippen LogP contribution in [0.25, 0.3) is 11.4 Å². The Balaban J connectivity index is 2.58. The van der Waals surface area contributed by atoms with Crippen molar-refractivity contribution >= 4 is 11.5 Å². The van der Waals surface area contributed by atoms with Gasteiger partial charge in [0.1, 0.15) is 11.3 Å². The quantitative estimate of drug-likeness (QED) is 0.717. The normalized spacial score (nSPS) is 9.71. The van der Waals surface area contributed by atoms with Crippen LogP contribution in [0.15, 0.2) is 23.7 Å². The number of nitrogens with zero attached hydrogens (tertiary/aromatic N) is 3.